The van der Waals surface area contributed by atoms with Crippen LogP contribution in [0.4, 0.5) is 10.5 Å². The van der Waals surface area contributed by atoms with Gasteiger partial charge in [-0.05, 0) is 51.4 Å². The molecule has 1 amide bonds. The van der Waals surface area contributed by atoms with Gasteiger partial charge in [0.05, 0.1) is 11.0 Å². The number of ether oxygens (including phenoxy) is 1. The summed E-state index contributed by atoms with van der Waals surface area (Å²) in [6, 6.07) is 3.28. The third kappa shape index (κ3) is 4.63. The normalized spacial score (nSPS) is 34.0. The van der Waals surface area contributed by atoms with Gasteiger partial charge in [0.2, 0.25) is 0 Å². The monoisotopic (exact) mass is 365 g/mol. The maximum atomic E-state index is 12.7. The van der Waals surface area contributed by atoms with Crippen molar-refractivity contribution in [2.45, 2.75) is 33.2 Å². The molecule has 5 heteroatoms. The fourth-order valence-corrected chi connectivity index (χ4v) is 1.97. The highest BCUT2D eigenvalue weighted by Crippen LogP contribution is 2.24. The van der Waals surface area contributed by atoms with E-state index in [-0.39, 0.29) is 19.8 Å². The number of hydrogen-bond donors (Lipinski definition) is 0. The molecule has 0 unspecified atom stereocenters. The zero-order valence-corrected chi connectivity index (χ0v) is 13.4. The van der Waals surface area contributed by atoms with Crippen LogP contribution in [0.25, 0.3) is 0 Å². The van der Waals surface area contributed by atoms with Gasteiger partial charge in [-0.25, -0.2) is 4.79 Å². The van der Waals surface area contributed by atoms with E-state index in [0.29, 0.717) is 0 Å². The molecule has 0 bridgehead atoms. The minimum atomic E-state index is -3.44. The molecule has 1 aromatic carbocycles. The van der Waals surface area contributed by atoms with Crippen LogP contribution in [0, 0.1) is 6.85 Å². The van der Waals surface area contributed by atoms with Crippen molar-refractivity contribution in [2.75, 3.05) is 30.9 Å². The molecule has 0 aliphatic carbocycles. The van der Waals surface area contributed by atoms with Crippen LogP contribution in [-0.2, 0) is 4.74 Å². The van der Waals surface area contributed by atoms with Gasteiger partial charge in [-0.2, -0.15) is 0 Å². The van der Waals surface area contributed by atoms with E-state index < -0.39 is 50.2 Å². The SMILES string of the molecule is [2H]C([2H])([2H])c1cc(Br)cc(N2C([2H])([2H])C([2H])([2H])N(C(=O)OC(C)(C)C)C([2H])([2H])C2([2H])[2H])c1. The molecule has 0 radical (unpaired) electrons. The first-order chi connectivity index (χ1) is 14.0. The number of amides is 1. The summed E-state index contributed by atoms with van der Waals surface area (Å²) in [5, 5.41) is 0. The first-order valence-electron chi connectivity index (χ1n) is 11.6. The van der Waals surface area contributed by atoms with Crippen molar-refractivity contribution in [1.29, 1.82) is 0 Å². The van der Waals surface area contributed by atoms with E-state index in [4.69, 9.17) is 19.8 Å². The van der Waals surface area contributed by atoms with Gasteiger partial charge in [0, 0.05) is 40.3 Å². The van der Waals surface area contributed by atoms with Gasteiger partial charge < -0.3 is 14.5 Å². The first kappa shape index (κ1) is 6.90. The molecule has 1 heterocycles. The molecule has 0 aromatic heterocycles. The number of aryl methyl sites for hydroxylation is 1. The summed E-state index contributed by atoms with van der Waals surface area (Å²) in [5.41, 5.74) is -1.93. The van der Waals surface area contributed by atoms with Crippen molar-refractivity contribution in [2.24, 2.45) is 0 Å². The lowest BCUT2D eigenvalue weighted by Gasteiger charge is -2.37. The van der Waals surface area contributed by atoms with Crippen LogP contribution in [-0.4, -0.2) is 42.6 Å². The molecule has 0 N–H and O–H groups in total. The zero-order chi connectivity index (χ0) is 25.3. The number of benzene rings is 1. The largest absolute Gasteiger partial charge is 0.444 e. The maximum Gasteiger partial charge on any atom is 0.410 e. The summed E-state index contributed by atoms with van der Waals surface area (Å²) in [6.07, 6.45) is -1.59. The molecule has 1 aliphatic heterocycles. The summed E-state index contributed by atoms with van der Waals surface area (Å²) in [6.45, 7) is -11.9. The lowest BCUT2D eigenvalue weighted by molar-refractivity contribution is 0.0240. The third-order valence-corrected chi connectivity index (χ3v) is 2.72. The van der Waals surface area contributed by atoms with E-state index in [9.17, 15) is 4.79 Å². The predicted molar refractivity (Wildman–Crippen MR) is 88.9 cm³/mol. The molecule has 1 fully saturated rings. The van der Waals surface area contributed by atoms with Crippen LogP contribution in [0.3, 0.4) is 0 Å². The smallest absolute Gasteiger partial charge is 0.410 e. The minimum Gasteiger partial charge on any atom is -0.444 e. The van der Waals surface area contributed by atoms with E-state index >= 15 is 0 Å². The average molecular weight is 366 g/mol. The number of carbonyl (C=O) groups excluding carboxylic acids is 1. The van der Waals surface area contributed by atoms with Crippen molar-refractivity contribution < 1.29 is 24.6 Å². The van der Waals surface area contributed by atoms with Crippen LogP contribution in [0.2, 0.25) is 0 Å². The third-order valence-electron chi connectivity index (χ3n) is 2.26. The molecule has 21 heavy (non-hydrogen) atoms. The first-order valence-corrected chi connectivity index (χ1v) is 6.92. The number of anilines is 1. The number of halogens is 1. The predicted octanol–water partition coefficient (Wildman–Crippen LogP) is 3.81. The Bertz CT molecular complexity index is 884. The van der Waals surface area contributed by atoms with E-state index in [2.05, 4.69) is 15.9 Å². The van der Waals surface area contributed by atoms with Gasteiger partial charge in [-0.1, -0.05) is 15.9 Å². The van der Waals surface area contributed by atoms with Crippen LogP contribution in [0.1, 0.15) is 41.4 Å². The van der Waals surface area contributed by atoms with Crippen molar-refractivity contribution in [3.8, 4) is 0 Å². The Balaban J connectivity index is 2.78. The highest BCUT2D eigenvalue weighted by atomic mass is 79.9. The number of nitrogens with zero attached hydrogens (tertiary/aromatic N) is 2. The van der Waals surface area contributed by atoms with Crippen LogP contribution in [0.15, 0.2) is 22.7 Å². The Morgan fingerprint density at radius 3 is 2.52 bits per heavy atom. The maximum absolute atomic E-state index is 12.7. The summed E-state index contributed by atoms with van der Waals surface area (Å²) >= 11 is 3.08. The molecule has 2 rings (SSSR count). The second kappa shape index (κ2) is 6.26. The standard InChI is InChI=1S/C16H23BrN2O2/c1-12-9-13(17)11-14(10-12)18-5-7-19(8-6-18)15(20)21-16(2,3)4/h9-11H,5-8H2,1-4H3/i1D3,5D2,6D2,7D2,8D2. The van der Waals surface area contributed by atoms with Crippen molar-refractivity contribution in [1.82, 2.24) is 4.90 Å². The van der Waals surface area contributed by atoms with Crippen LogP contribution >= 0.6 is 15.9 Å². The quantitative estimate of drug-likeness (QED) is 0.758. The number of carbonyl (C=O) groups is 1. The van der Waals surface area contributed by atoms with Gasteiger partial charge in [0.25, 0.3) is 0 Å². The summed E-state index contributed by atoms with van der Waals surface area (Å²) in [4.78, 5) is 12.7. The second-order valence-corrected chi connectivity index (χ2v) is 6.21. The molecule has 4 nitrogen and oxygen atoms in total. The fourth-order valence-electron chi connectivity index (χ4n) is 1.49. The fraction of sp³-hybridized carbons (Fsp3) is 0.562. The van der Waals surface area contributed by atoms with Crippen molar-refractivity contribution >= 4 is 27.7 Å². The van der Waals surface area contributed by atoms with Crippen LogP contribution < -0.4 is 4.90 Å². The Kier molecular flexibility index (Phi) is 2.06. The van der Waals surface area contributed by atoms with Gasteiger partial charge in [-0.3, -0.25) is 0 Å². The van der Waals surface area contributed by atoms with E-state index in [1.54, 1.807) is 0 Å². The Morgan fingerprint density at radius 1 is 1.29 bits per heavy atom. The van der Waals surface area contributed by atoms with Gasteiger partial charge in [0.1, 0.15) is 5.60 Å². The van der Waals surface area contributed by atoms with Gasteiger partial charge >= 0.3 is 6.09 Å². The highest BCUT2D eigenvalue weighted by Gasteiger charge is 2.25. The van der Waals surface area contributed by atoms with Gasteiger partial charge in [0.15, 0.2) is 0 Å². The molecule has 1 saturated heterocycles. The molecular formula is C16H23BrN2O2. The van der Waals surface area contributed by atoms with Gasteiger partial charge in [-0.15, -0.1) is 0 Å². The molecule has 116 valence electrons. The van der Waals surface area contributed by atoms with E-state index in [1.165, 1.54) is 26.8 Å². The lowest BCUT2D eigenvalue weighted by Crippen LogP contribution is -2.50. The highest BCUT2D eigenvalue weighted by molar-refractivity contribution is 9.10. The van der Waals surface area contributed by atoms with Crippen LogP contribution in [0.5, 0.6) is 0 Å². The molecule has 1 aliphatic rings. The van der Waals surface area contributed by atoms with Crippen molar-refractivity contribution in [3.05, 3.63) is 28.2 Å². The molecular weight excluding hydrogens is 332 g/mol. The zero-order valence-electron chi connectivity index (χ0n) is 22.8. The van der Waals surface area contributed by atoms with Crippen molar-refractivity contribution in [3.63, 3.8) is 0 Å². The number of rotatable bonds is 1. The Morgan fingerprint density at radius 2 is 1.95 bits per heavy atom. The molecule has 0 spiro atoms. The summed E-state index contributed by atoms with van der Waals surface area (Å²) < 4.78 is 94.8. The number of piperazine rings is 1. The van der Waals surface area contributed by atoms with E-state index in [1.807, 2.05) is 0 Å². The molecule has 1 aromatic rings. The Hall–Kier alpha value is -1.23. The molecule has 0 atom stereocenters. The summed E-state index contributed by atoms with van der Waals surface area (Å²) in [5.74, 6) is 0. The Labute approximate surface area is 150 Å². The lowest BCUT2D eigenvalue weighted by atomic mass is 10.2. The topological polar surface area (TPSA) is 32.8 Å². The minimum absolute atomic E-state index is 0.128. The second-order valence-electron chi connectivity index (χ2n) is 5.30. The summed E-state index contributed by atoms with van der Waals surface area (Å²) in [7, 11) is 0. The molecule has 0 saturated carbocycles. The van der Waals surface area contributed by atoms with E-state index in [0.717, 1.165) is 12.1 Å². The number of hydrogen-bond acceptors (Lipinski definition) is 3. The average Bonchev–Trinajstić information content (AvgIpc) is 2.49.